The van der Waals surface area contributed by atoms with Gasteiger partial charge in [0.15, 0.2) is 0 Å². The van der Waals surface area contributed by atoms with Crippen molar-refractivity contribution in [2.75, 3.05) is 25.0 Å². The third kappa shape index (κ3) is 1.60. The van der Waals surface area contributed by atoms with Crippen LogP contribution < -0.4 is 15.5 Å². The molecule has 0 aliphatic carbocycles. The Morgan fingerprint density at radius 3 is 2.94 bits per heavy atom. The molecule has 2 N–H and O–H groups in total. The average Bonchev–Trinajstić information content (AvgIpc) is 2.74. The molecule has 18 heavy (non-hydrogen) atoms. The van der Waals surface area contributed by atoms with Crippen LogP contribution in [0.2, 0.25) is 0 Å². The molecular weight excluding hydrogens is 226 g/mol. The average molecular weight is 245 g/mol. The van der Waals surface area contributed by atoms with Crippen LogP contribution in [0.5, 0.6) is 0 Å². The van der Waals surface area contributed by atoms with Crippen molar-refractivity contribution in [1.29, 1.82) is 0 Å². The number of fused-ring (bicyclic) bond motifs is 2. The van der Waals surface area contributed by atoms with E-state index < -0.39 is 0 Å². The minimum Gasteiger partial charge on any atom is -0.341 e. The van der Waals surface area contributed by atoms with Crippen LogP contribution in [0, 0.1) is 0 Å². The van der Waals surface area contributed by atoms with Gasteiger partial charge >= 0.3 is 6.03 Å². The summed E-state index contributed by atoms with van der Waals surface area (Å²) in [5, 5.41) is 6.37. The molecule has 1 spiro atoms. The first-order chi connectivity index (χ1) is 8.77. The minimum absolute atomic E-state index is 0.0216. The predicted molar refractivity (Wildman–Crippen MR) is 71.8 cm³/mol. The second kappa shape index (κ2) is 4.28. The molecule has 2 heterocycles. The number of hydrogen-bond donors (Lipinski definition) is 2. The van der Waals surface area contributed by atoms with E-state index in [9.17, 15) is 4.79 Å². The summed E-state index contributed by atoms with van der Waals surface area (Å²) in [6, 6.07) is 8.22. The first-order valence-corrected chi connectivity index (χ1v) is 6.61. The first kappa shape index (κ1) is 11.5. The number of nitrogens with one attached hydrogen (secondary N) is 2. The maximum absolute atomic E-state index is 12.0. The topological polar surface area (TPSA) is 44.4 Å². The molecule has 2 amide bonds. The molecule has 1 aromatic carbocycles. The van der Waals surface area contributed by atoms with Crippen molar-refractivity contribution in [3.63, 3.8) is 0 Å². The third-order valence-corrected chi connectivity index (χ3v) is 4.09. The standard InChI is InChI=1S/C14H19N3O/c1-15-13(18)17-10-14(8-4-5-9-16-14)11-6-2-3-7-12(11)17/h2-3,6-7,16H,4-5,8-10H2,1H3,(H,15,18). The first-order valence-electron chi connectivity index (χ1n) is 6.61. The molecule has 2 aliphatic rings. The zero-order valence-electron chi connectivity index (χ0n) is 10.7. The van der Waals surface area contributed by atoms with Gasteiger partial charge in [0.1, 0.15) is 0 Å². The van der Waals surface area contributed by atoms with Crippen molar-refractivity contribution in [1.82, 2.24) is 10.6 Å². The number of urea groups is 1. The van der Waals surface area contributed by atoms with Crippen molar-refractivity contribution >= 4 is 11.7 Å². The summed E-state index contributed by atoms with van der Waals surface area (Å²) in [7, 11) is 1.68. The van der Waals surface area contributed by atoms with E-state index in [1.54, 1.807) is 7.05 Å². The fourth-order valence-corrected chi connectivity index (χ4v) is 3.20. The number of carbonyl (C=O) groups excluding carboxylic acids is 1. The Labute approximate surface area is 107 Å². The lowest BCUT2D eigenvalue weighted by molar-refractivity contribution is 0.240. The van der Waals surface area contributed by atoms with Gasteiger partial charge in [0.25, 0.3) is 0 Å². The Hall–Kier alpha value is -1.55. The van der Waals surface area contributed by atoms with E-state index in [2.05, 4.69) is 22.8 Å². The number of hydrogen-bond acceptors (Lipinski definition) is 2. The molecule has 1 atom stereocenters. The highest BCUT2D eigenvalue weighted by atomic mass is 16.2. The van der Waals surface area contributed by atoms with Gasteiger partial charge in [-0.3, -0.25) is 4.90 Å². The molecule has 0 bridgehead atoms. The summed E-state index contributed by atoms with van der Waals surface area (Å²) in [5.74, 6) is 0. The van der Waals surface area contributed by atoms with Crippen LogP contribution in [-0.2, 0) is 5.54 Å². The van der Waals surface area contributed by atoms with E-state index in [1.807, 2.05) is 17.0 Å². The van der Waals surface area contributed by atoms with Crippen molar-refractivity contribution in [2.24, 2.45) is 0 Å². The van der Waals surface area contributed by atoms with Gasteiger partial charge in [0.2, 0.25) is 0 Å². The number of carbonyl (C=O) groups is 1. The second-order valence-electron chi connectivity index (χ2n) is 5.12. The Morgan fingerprint density at radius 2 is 2.22 bits per heavy atom. The summed E-state index contributed by atoms with van der Waals surface area (Å²) >= 11 is 0. The quantitative estimate of drug-likeness (QED) is 0.732. The Balaban J connectivity index is 2.03. The van der Waals surface area contributed by atoms with Crippen LogP contribution >= 0.6 is 0 Å². The normalized spacial score (nSPS) is 26.2. The fourth-order valence-electron chi connectivity index (χ4n) is 3.20. The summed E-state index contributed by atoms with van der Waals surface area (Å²) in [6.45, 7) is 1.78. The zero-order chi connectivity index (χ0) is 12.6. The molecule has 4 heteroatoms. The van der Waals surface area contributed by atoms with E-state index in [1.165, 1.54) is 18.4 Å². The molecule has 0 aromatic heterocycles. The van der Waals surface area contributed by atoms with E-state index in [0.717, 1.165) is 25.2 Å². The Kier molecular flexibility index (Phi) is 2.74. The summed E-state index contributed by atoms with van der Waals surface area (Å²) in [5.41, 5.74) is 2.29. The smallest absolute Gasteiger partial charge is 0.321 e. The van der Waals surface area contributed by atoms with Gasteiger partial charge in [0, 0.05) is 7.05 Å². The van der Waals surface area contributed by atoms with Gasteiger partial charge in [0.05, 0.1) is 17.8 Å². The van der Waals surface area contributed by atoms with Crippen LogP contribution in [0.4, 0.5) is 10.5 Å². The number of amides is 2. The maximum atomic E-state index is 12.0. The monoisotopic (exact) mass is 245 g/mol. The zero-order valence-corrected chi connectivity index (χ0v) is 10.7. The van der Waals surface area contributed by atoms with Crippen LogP contribution in [0.3, 0.4) is 0 Å². The highest BCUT2D eigenvalue weighted by Gasteiger charge is 2.44. The fraction of sp³-hybridized carbons (Fsp3) is 0.500. The highest BCUT2D eigenvalue weighted by Crippen LogP contribution is 2.43. The predicted octanol–water partition coefficient (Wildman–Crippen LogP) is 1.81. The molecule has 0 radical (unpaired) electrons. The molecule has 1 unspecified atom stereocenters. The molecule has 3 rings (SSSR count). The molecule has 96 valence electrons. The number of nitrogens with zero attached hydrogens (tertiary/aromatic N) is 1. The molecule has 1 aromatic rings. The number of rotatable bonds is 0. The van der Waals surface area contributed by atoms with E-state index >= 15 is 0 Å². The van der Waals surface area contributed by atoms with Gasteiger partial charge in [-0.05, 0) is 37.4 Å². The number of anilines is 1. The van der Waals surface area contributed by atoms with Gasteiger partial charge in [-0.15, -0.1) is 0 Å². The van der Waals surface area contributed by atoms with Crippen molar-refractivity contribution in [3.05, 3.63) is 29.8 Å². The molecule has 4 nitrogen and oxygen atoms in total. The second-order valence-corrected chi connectivity index (χ2v) is 5.12. The van der Waals surface area contributed by atoms with Crippen molar-refractivity contribution in [2.45, 2.75) is 24.8 Å². The van der Waals surface area contributed by atoms with Crippen molar-refractivity contribution < 1.29 is 4.79 Å². The van der Waals surface area contributed by atoms with E-state index in [-0.39, 0.29) is 11.6 Å². The molecule has 1 saturated heterocycles. The van der Waals surface area contributed by atoms with Gasteiger partial charge in [-0.25, -0.2) is 4.79 Å². The summed E-state index contributed by atoms with van der Waals surface area (Å²) in [4.78, 5) is 13.8. The number of piperidine rings is 1. The lowest BCUT2D eigenvalue weighted by atomic mass is 9.84. The van der Waals surface area contributed by atoms with Crippen LogP contribution in [-0.4, -0.2) is 26.2 Å². The largest absolute Gasteiger partial charge is 0.341 e. The minimum atomic E-state index is -0.0264. The molecule has 2 aliphatic heterocycles. The van der Waals surface area contributed by atoms with E-state index in [0.29, 0.717) is 0 Å². The Morgan fingerprint density at radius 1 is 1.39 bits per heavy atom. The van der Waals surface area contributed by atoms with E-state index in [4.69, 9.17) is 0 Å². The number of benzene rings is 1. The van der Waals surface area contributed by atoms with Gasteiger partial charge in [-0.2, -0.15) is 0 Å². The van der Waals surface area contributed by atoms with Crippen LogP contribution in [0.1, 0.15) is 24.8 Å². The number of para-hydroxylation sites is 1. The van der Waals surface area contributed by atoms with Crippen LogP contribution in [0.25, 0.3) is 0 Å². The summed E-state index contributed by atoms with van der Waals surface area (Å²) < 4.78 is 0. The Bertz CT molecular complexity index is 466. The molecular formula is C14H19N3O. The highest BCUT2D eigenvalue weighted by molar-refractivity contribution is 5.94. The van der Waals surface area contributed by atoms with Gasteiger partial charge in [-0.1, -0.05) is 18.2 Å². The maximum Gasteiger partial charge on any atom is 0.321 e. The lowest BCUT2D eigenvalue weighted by Crippen LogP contribution is -2.50. The van der Waals surface area contributed by atoms with Crippen LogP contribution in [0.15, 0.2) is 24.3 Å². The molecule has 1 fully saturated rings. The SMILES string of the molecule is CNC(=O)N1CC2(CCCCN2)c2ccccc21. The third-order valence-electron chi connectivity index (χ3n) is 4.09. The summed E-state index contributed by atoms with van der Waals surface area (Å²) in [6.07, 6.45) is 3.56. The van der Waals surface area contributed by atoms with Crippen molar-refractivity contribution in [3.8, 4) is 0 Å². The van der Waals surface area contributed by atoms with Gasteiger partial charge < -0.3 is 10.6 Å². The lowest BCUT2D eigenvalue weighted by Gasteiger charge is -2.35. The molecule has 0 saturated carbocycles.